The number of hydrogen-bond acceptors (Lipinski definition) is 4. The SMILES string of the molecule is O=CC1C(=O)ON=C1c1ccccc1. The Bertz CT molecular complexity index is 397. The molecule has 1 heterocycles. The topological polar surface area (TPSA) is 55.7 Å². The average molecular weight is 189 g/mol. The van der Waals surface area contributed by atoms with Gasteiger partial charge in [-0.05, 0) is 0 Å². The van der Waals surface area contributed by atoms with Gasteiger partial charge in [0.05, 0.1) is 0 Å². The molecule has 1 unspecified atom stereocenters. The highest BCUT2D eigenvalue weighted by molar-refractivity contribution is 6.21. The van der Waals surface area contributed by atoms with Crippen molar-refractivity contribution in [3.63, 3.8) is 0 Å². The molecule has 0 N–H and O–H groups in total. The molecular weight excluding hydrogens is 182 g/mol. The van der Waals surface area contributed by atoms with E-state index in [-0.39, 0.29) is 0 Å². The van der Waals surface area contributed by atoms with Gasteiger partial charge in [-0.15, -0.1) is 0 Å². The summed E-state index contributed by atoms with van der Waals surface area (Å²) in [4.78, 5) is 26.1. The summed E-state index contributed by atoms with van der Waals surface area (Å²) < 4.78 is 0. The molecule has 1 aliphatic rings. The maximum atomic E-state index is 11.0. The van der Waals surface area contributed by atoms with Crippen molar-refractivity contribution >= 4 is 18.0 Å². The normalized spacial score (nSPS) is 20.1. The van der Waals surface area contributed by atoms with Crippen LogP contribution in [-0.2, 0) is 14.4 Å². The van der Waals surface area contributed by atoms with Crippen molar-refractivity contribution < 1.29 is 14.4 Å². The predicted octanol–water partition coefficient (Wildman–Crippen LogP) is 0.763. The van der Waals surface area contributed by atoms with Gasteiger partial charge in [0.25, 0.3) is 0 Å². The first-order chi connectivity index (χ1) is 6.83. The van der Waals surface area contributed by atoms with E-state index in [2.05, 4.69) is 9.99 Å². The highest BCUT2D eigenvalue weighted by Gasteiger charge is 2.33. The van der Waals surface area contributed by atoms with E-state index >= 15 is 0 Å². The summed E-state index contributed by atoms with van der Waals surface area (Å²) in [7, 11) is 0. The molecule has 4 nitrogen and oxygen atoms in total. The Hall–Kier alpha value is -1.97. The molecule has 0 bridgehead atoms. The number of hydrogen-bond donors (Lipinski definition) is 0. The van der Waals surface area contributed by atoms with Gasteiger partial charge in [0.1, 0.15) is 12.0 Å². The lowest BCUT2D eigenvalue weighted by atomic mass is 9.99. The van der Waals surface area contributed by atoms with Crippen molar-refractivity contribution in [1.29, 1.82) is 0 Å². The van der Waals surface area contributed by atoms with E-state index in [1.54, 1.807) is 12.1 Å². The third kappa shape index (κ3) is 1.31. The third-order valence-electron chi connectivity index (χ3n) is 1.99. The van der Waals surface area contributed by atoms with Gasteiger partial charge in [-0.25, -0.2) is 4.79 Å². The van der Waals surface area contributed by atoms with Gasteiger partial charge < -0.3 is 9.63 Å². The van der Waals surface area contributed by atoms with E-state index in [9.17, 15) is 9.59 Å². The molecule has 0 aromatic heterocycles. The van der Waals surface area contributed by atoms with Crippen molar-refractivity contribution in [2.75, 3.05) is 0 Å². The zero-order chi connectivity index (χ0) is 9.97. The van der Waals surface area contributed by atoms with Crippen molar-refractivity contribution in [1.82, 2.24) is 0 Å². The van der Waals surface area contributed by atoms with Crippen LogP contribution in [-0.4, -0.2) is 18.0 Å². The molecule has 4 heteroatoms. The summed E-state index contributed by atoms with van der Waals surface area (Å²) in [6, 6.07) is 9.01. The van der Waals surface area contributed by atoms with E-state index < -0.39 is 11.9 Å². The molecule has 0 spiro atoms. The number of carbonyl (C=O) groups excluding carboxylic acids is 2. The van der Waals surface area contributed by atoms with E-state index in [0.717, 1.165) is 5.56 Å². The lowest BCUT2D eigenvalue weighted by Crippen LogP contribution is -2.20. The summed E-state index contributed by atoms with van der Waals surface area (Å²) in [6.07, 6.45) is 0.543. The van der Waals surface area contributed by atoms with E-state index in [1.807, 2.05) is 18.2 Å². The van der Waals surface area contributed by atoms with Crippen LogP contribution in [0.4, 0.5) is 0 Å². The van der Waals surface area contributed by atoms with Crippen LogP contribution >= 0.6 is 0 Å². The van der Waals surface area contributed by atoms with E-state index in [4.69, 9.17) is 0 Å². The summed E-state index contributed by atoms with van der Waals surface area (Å²) in [5.41, 5.74) is 1.11. The Morgan fingerprint density at radius 2 is 2.00 bits per heavy atom. The van der Waals surface area contributed by atoms with Crippen LogP contribution in [0.25, 0.3) is 0 Å². The molecule has 1 aromatic carbocycles. The second kappa shape index (κ2) is 3.41. The zero-order valence-corrected chi connectivity index (χ0v) is 7.21. The quantitative estimate of drug-likeness (QED) is 0.392. The summed E-state index contributed by atoms with van der Waals surface area (Å²) in [5.74, 6) is -1.49. The molecule has 0 aliphatic carbocycles. The van der Waals surface area contributed by atoms with Gasteiger partial charge in [0.2, 0.25) is 0 Å². The van der Waals surface area contributed by atoms with Crippen LogP contribution in [0.3, 0.4) is 0 Å². The molecule has 0 saturated heterocycles. The first kappa shape index (κ1) is 8.62. The Balaban J connectivity index is 2.37. The van der Waals surface area contributed by atoms with E-state index in [1.165, 1.54) is 0 Å². The maximum Gasteiger partial charge on any atom is 0.351 e. The molecule has 2 rings (SSSR count). The van der Waals surface area contributed by atoms with Gasteiger partial charge >= 0.3 is 5.97 Å². The minimum atomic E-state index is -0.877. The standard InChI is InChI=1S/C10H7NO3/c12-6-8-9(11-14-10(8)13)7-4-2-1-3-5-7/h1-6,8H. The predicted molar refractivity (Wildman–Crippen MR) is 48.6 cm³/mol. The number of oxime groups is 1. The van der Waals surface area contributed by atoms with E-state index in [0.29, 0.717) is 12.0 Å². The van der Waals surface area contributed by atoms with Gasteiger partial charge in [-0.2, -0.15) is 0 Å². The molecule has 0 saturated carbocycles. The van der Waals surface area contributed by atoms with Crippen LogP contribution in [0.1, 0.15) is 5.56 Å². The third-order valence-corrected chi connectivity index (χ3v) is 1.99. The number of nitrogens with zero attached hydrogens (tertiary/aromatic N) is 1. The summed E-state index contributed by atoms with van der Waals surface area (Å²) in [5, 5.41) is 3.58. The fraction of sp³-hybridized carbons (Fsp3) is 0.100. The molecule has 70 valence electrons. The molecule has 1 atom stereocenters. The van der Waals surface area contributed by atoms with Crippen molar-refractivity contribution in [3.05, 3.63) is 35.9 Å². The van der Waals surface area contributed by atoms with Crippen LogP contribution in [0.2, 0.25) is 0 Å². The summed E-state index contributed by atoms with van der Waals surface area (Å²) in [6.45, 7) is 0. The number of benzene rings is 1. The molecule has 0 fully saturated rings. The largest absolute Gasteiger partial charge is 0.351 e. The minimum absolute atomic E-state index is 0.380. The molecule has 0 radical (unpaired) electrons. The number of aldehydes is 1. The van der Waals surface area contributed by atoms with Crippen LogP contribution < -0.4 is 0 Å². The Morgan fingerprint density at radius 1 is 1.29 bits per heavy atom. The van der Waals surface area contributed by atoms with Gasteiger partial charge in [-0.3, -0.25) is 0 Å². The number of carbonyl (C=O) groups is 2. The van der Waals surface area contributed by atoms with Gasteiger partial charge in [-0.1, -0.05) is 35.5 Å². The van der Waals surface area contributed by atoms with Crippen LogP contribution in [0, 0.1) is 5.92 Å². The fourth-order valence-electron chi connectivity index (χ4n) is 1.28. The molecular formula is C10H7NO3. The Kier molecular flexibility index (Phi) is 2.10. The Labute approximate surface area is 80.2 Å². The van der Waals surface area contributed by atoms with Crippen LogP contribution in [0.5, 0.6) is 0 Å². The summed E-state index contributed by atoms with van der Waals surface area (Å²) >= 11 is 0. The lowest BCUT2D eigenvalue weighted by molar-refractivity contribution is -0.144. The monoisotopic (exact) mass is 189 g/mol. The lowest BCUT2D eigenvalue weighted by Gasteiger charge is -2.00. The molecule has 1 aliphatic heterocycles. The average Bonchev–Trinajstić information content (AvgIpc) is 2.61. The highest BCUT2D eigenvalue weighted by Crippen LogP contribution is 2.16. The van der Waals surface area contributed by atoms with Gasteiger partial charge in [0, 0.05) is 5.56 Å². The second-order valence-electron chi connectivity index (χ2n) is 2.87. The smallest absolute Gasteiger partial charge is 0.317 e. The van der Waals surface area contributed by atoms with Crippen molar-refractivity contribution in [3.8, 4) is 0 Å². The van der Waals surface area contributed by atoms with Crippen molar-refractivity contribution in [2.24, 2.45) is 11.1 Å². The van der Waals surface area contributed by atoms with Crippen LogP contribution in [0.15, 0.2) is 35.5 Å². The number of rotatable bonds is 2. The first-order valence-corrected chi connectivity index (χ1v) is 4.12. The van der Waals surface area contributed by atoms with Gasteiger partial charge in [0.15, 0.2) is 5.92 Å². The molecule has 14 heavy (non-hydrogen) atoms. The fourth-order valence-corrected chi connectivity index (χ4v) is 1.28. The molecule has 0 amide bonds. The minimum Gasteiger partial charge on any atom is -0.317 e. The maximum absolute atomic E-state index is 11.0. The zero-order valence-electron chi connectivity index (χ0n) is 7.21. The first-order valence-electron chi connectivity index (χ1n) is 4.12. The highest BCUT2D eigenvalue weighted by atomic mass is 16.7. The Morgan fingerprint density at radius 3 is 2.64 bits per heavy atom. The van der Waals surface area contributed by atoms with Crippen molar-refractivity contribution in [2.45, 2.75) is 0 Å². The second-order valence-corrected chi connectivity index (χ2v) is 2.87. The molecule has 1 aromatic rings.